The van der Waals surface area contributed by atoms with E-state index in [1.165, 1.54) is 34.5 Å². The summed E-state index contributed by atoms with van der Waals surface area (Å²) in [5.74, 6) is -1.74. The molecule has 0 bridgehead atoms. The summed E-state index contributed by atoms with van der Waals surface area (Å²) in [5.41, 5.74) is 7.78. The number of carboxylic acids is 1. The zero-order chi connectivity index (χ0) is 27.2. The summed E-state index contributed by atoms with van der Waals surface area (Å²) in [5, 5.41) is 17.7. The number of pyridine rings is 1. The van der Waals surface area contributed by atoms with Crippen molar-refractivity contribution in [1.82, 2.24) is 24.6 Å². The Kier molecular flexibility index (Phi) is 8.81. The minimum Gasteiger partial charge on any atom is -0.477 e. The molecule has 15 heteroatoms. The summed E-state index contributed by atoms with van der Waals surface area (Å²) in [6, 6.07) is 2.89. The number of rotatable bonds is 11. The van der Waals surface area contributed by atoms with Crippen molar-refractivity contribution < 1.29 is 24.3 Å². The molecule has 0 saturated carbocycles. The first-order chi connectivity index (χ1) is 18.3. The maximum absolute atomic E-state index is 13.0. The number of aromatic nitrogens is 3. The minimum atomic E-state index is -1.20. The first-order valence-corrected chi connectivity index (χ1v) is 14.0. The van der Waals surface area contributed by atoms with Gasteiger partial charge >= 0.3 is 5.97 Å². The topological polar surface area (TPSA) is 173 Å². The van der Waals surface area contributed by atoms with Gasteiger partial charge in [0.15, 0.2) is 5.13 Å². The van der Waals surface area contributed by atoms with Crippen LogP contribution >= 0.6 is 35.1 Å². The van der Waals surface area contributed by atoms with E-state index in [2.05, 4.69) is 31.4 Å². The third-order valence-corrected chi connectivity index (χ3v) is 8.03. The van der Waals surface area contributed by atoms with Gasteiger partial charge < -0.3 is 21.0 Å². The van der Waals surface area contributed by atoms with Crippen LogP contribution in [0.1, 0.15) is 17.1 Å². The first-order valence-electron chi connectivity index (χ1n) is 11.1. The van der Waals surface area contributed by atoms with E-state index in [9.17, 15) is 19.5 Å². The van der Waals surface area contributed by atoms with Gasteiger partial charge in [-0.15, -0.1) is 23.5 Å². The Labute approximate surface area is 230 Å². The number of carbonyl (C=O) groups is 3. The Morgan fingerprint density at radius 2 is 2.26 bits per heavy atom. The molecule has 0 aromatic carbocycles. The van der Waals surface area contributed by atoms with Crippen molar-refractivity contribution in [3.05, 3.63) is 64.7 Å². The van der Waals surface area contributed by atoms with Crippen molar-refractivity contribution in [2.24, 2.45) is 5.16 Å². The maximum atomic E-state index is 13.0. The quantitative estimate of drug-likeness (QED) is 0.118. The number of oxime groups is 1. The van der Waals surface area contributed by atoms with Crippen molar-refractivity contribution in [2.75, 3.05) is 23.8 Å². The number of amides is 2. The molecular formula is C23H23N7O5S3. The highest BCUT2D eigenvalue weighted by Gasteiger charge is 2.54. The third-order valence-electron chi connectivity index (χ3n) is 5.30. The molecule has 2 aromatic rings. The Bertz CT molecular complexity index is 1340. The van der Waals surface area contributed by atoms with E-state index in [-0.39, 0.29) is 29.0 Å². The van der Waals surface area contributed by atoms with Crippen LogP contribution in [0.15, 0.2) is 52.8 Å². The molecule has 2 amide bonds. The number of hydrogen-bond acceptors (Lipinski definition) is 12. The van der Waals surface area contributed by atoms with Crippen LogP contribution in [0.2, 0.25) is 0 Å². The molecule has 1 unspecified atom stereocenters. The van der Waals surface area contributed by atoms with E-state index in [0.717, 1.165) is 22.8 Å². The van der Waals surface area contributed by atoms with E-state index in [0.29, 0.717) is 17.1 Å². The van der Waals surface area contributed by atoms with E-state index >= 15 is 0 Å². The van der Waals surface area contributed by atoms with Crippen molar-refractivity contribution in [3.63, 3.8) is 0 Å². The number of nitrogen functional groups attached to an aromatic ring is 1. The first kappa shape index (κ1) is 27.3. The van der Waals surface area contributed by atoms with Crippen molar-refractivity contribution in [1.29, 1.82) is 0 Å². The zero-order valence-electron chi connectivity index (χ0n) is 20.1. The number of fused-ring (bicyclic) bond motifs is 1. The zero-order valence-corrected chi connectivity index (χ0v) is 22.5. The van der Waals surface area contributed by atoms with Gasteiger partial charge in [-0.3, -0.25) is 19.5 Å². The fourth-order valence-electron chi connectivity index (χ4n) is 3.53. The van der Waals surface area contributed by atoms with Crippen LogP contribution in [-0.2, 0) is 19.2 Å². The summed E-state index contributed by atoms with van der Waals surface area (Å²) >= 11 is 3.67. The molecule has 198 valence electrons. The van der Waals surface area contributed by atoms with Crippen LogP contribution < -0.4 is 11.1 Å². The second-order valence-corrected chi connectivity index (χ2v) is 10.7. The molecule has 38 heavy (non-hydrogen) atoms. The standard InChI is InChI=1S/C23H23N7O5S3/c1-3-7-35-28-15(18-27-23(24)38-29-18)19(31)26-16-20(32)30-17(22(33)34)14(11-37-21(16)30)10-36-8-6-13-5-4-12(2)25-9-13/h3-6,8-9,16,21H,1,7,10-11H2,2H3,(H,26,31)(H,33,34)(H2,24,27,29)/b8-6-,28-15?/t16?,21-/m1/s1. The minimum absolute atomic E-state index is 0.0374. The average Bonchev–Trinajstić information content (AvgIpc) is 3.33. The summed E-state index contributed by atoms with van der Waals surface area (Å²) in [4.78, 5) is 52.5. The van der Waals surface area contributed by atoms with Crippen molar-refractivity contribution >= 4 is 69.8 Å². The monoisotopic (exact) mass is 573 g/mol. The number of thioether (sulfide) groups is 2. The number of aryl methyl sites for hydroxylation is 1. The van der Waals surface area contributed by atoms with Crippen LogP contribution in [-0.4, -0.2) is 77.4 Å². The van der Waals surface area contributed by atoms with E-state index < -0.39 is 29.2 Å². The van der Waals surface area contributed by atoms with Gasteiger partial charge in [-0.2, -0.15) is 9.36 Å². The highest BCUT2D eigenvalue weighted by Crippen LogP contribution is 2.41. The highest BCUT2D eigenvalue weighted by molar-refractivity contribution is 8.02. The number of β-lactam (4-membered cyclic amide) rings is 1. The number of hydrogen-bond donors (Lipinski definition) is 3. The molecule has 2 atom stereocenters. The summed E-state index contributed by atoms with van der Waals surface area (Å²) in [6.07, 6.45) is 5.09. The molecule has 0 radical (unpaired) electrons. The molecule has 2 aromatic heterocycles. The maximum Gasteiger partial charge on any atom is 0.352 e. The van der Waals surface area contributed by atoms with Crippen LogP contribution in [0.4, 0.5) is 5.13 Å². The Hall–Kier alpha value is -3.69. The fourth-order valence-corrected chi connectivity index (χ4v) is 6.23. The van der Waals surface area contributed by atoms with Gasteiger partial charge in [0.1, 0.15) is 23.7 Å². The smallest absolute Gasteiger partial charge is 0.352 e. The van der Waals surface area contributed by atoms with Gasteiger partial charge in [0, 0.05) is 34.9 Å². The number of carbonyl (C=O) groups excluding carboxylic acids is 2. The lowest BCUT2D eigenvalue weighted by Gasteiger charge is -2.49. The Morgan fingerprint density at radius 3 is 2.92 bits per heavy atom. The lowest BCUT2D eigenvalue weighted by Crippen LogP contribution is -2.71. The lowest BCUT2D eigenvalue weighted by atomic mass is 10.0. The molecular weight excluding hydrogens is 550 g/mol. The van der Waals surface area contributed by atoms with Gasteiger partial charge in [0.2, 0.25) is 11.5 Å². The summed E-state index contributed by atoms with van der Waals surface area (Å²) < 4.78 is 3.98. The Morgan fingerprint density at radius 1 is 1.45 bits per heavy atom. The van der Waals surface area contributed by atoms with E-state index in [1.54, 1.807) is 6.20 Å². The van der Waals surface area contributed by atoms with Crippen LogP contribution in [0.3, 0.4) is 0 Å². The lowest BCUT2D eigenvalue weighted by molar-refractivity contribution is -0.150. The highest BCUT2D eigenvalue weighted by atomic mass is 32.2. The average molecular weight is 574 g/mol. The van der Waals surface area contributed by atoms with Crippen LogP contribution in [0, 0.1) is 6.92 Å². The number of carboxylic acid groups (broad SMARTS) is 1. The second-order valence-electron chi connectivity index (χ2n) is 7.95. The number of aliphatic carboxylic acids is 1. The predicted octanol–water partition coefficient (Wildman–Crippen LogP) is 1.87. The normalized spacial score (nSPS) is 19.2. The largest absolute Gasteiger partial charge is 0.477 e. The van der Waals surface area contributed by atoms with Crippen molar-refractivity contribution in [2.45, 2.75) is 18.3 Å². The van der Waals surface area contributed by atoms with Gasteiger partial charge in [0.05, 0.1) is 0 Å². The predicted molar refractivity (Wildman–Crippen MR) is 147 cm³/mol. The SMILES string of the molecule is C=CCON=C(C(=O)NC1C(=O)N2C(C(=O)O)=C(CS/C=C\c3ccc(C)nc3)CS[C@H]12)c1nsc(N)n1. The number of nitrogens with two attached hydrogens (primary N) is 1. The Balaban J connectivity index is 1.44. The number of nitrogens with zero attached hydrogens (tertiary/aromatic N) is 5. The van der Waals surface area contributed by atoms with Crippen LogP contribution in [0.5, 0.6) is 0 Å². The van der Waals surface area contributed by atoms with Gasteiger partial charge in [-0.25, -0.2) is 4.79 Å². The van der Waals surface area contributed by atoms with Crippen molar-refractivity contribution in [3.8, 4) is 0 Å². The molecule has 12 nitrogen and oxygen atoms in total. The molecule has 4 heterocycles. The molecule has 4 rings (SSSR count). The van der Waals surface area contributed by atoms with Gasteiger partial charge in [0.25, 0.3) is 11.8 Å². The number of nitrogens with one attached hydrogen (secondary N) is 1. The van der Waals surface area contributed by atoms with E-state index in [4.69, 9.17) is 10.6 Å². The second kappa shape index (κ2) is 12.2. The molecule has 4 N–H and O–H groups in total. The van der Waals surface area contributed by atoms with Gasteiger partial charge in [-0.1, -0.05) is 23.9 Å². The fraction of sp³-hybridized carbons (Fsp3) is 0.261. The molecule has 1 saturated heterocycles. The third kappa shape index (κ3) is 6.06. The molecule has 0 aliphatic carbocycles. The summed E-state index contributed by atoms with van der Waals surface area (Å²) in [6.45, 7) is 5.46. The number of anilines is 1. The van der Waals surface area contributed by atoms with Gasteiger partial charge in [-0.05, 0) is 35.6 Å². The molecule has 1 fully saturated rings. The van der Waals surface area contributed by atoms with Crippen LogP contribution in [0.25, 0.3) is 6.08 Å². The molecule has 0 spiro atoms. The van der Waals surface area contributed by atoms with E-state index in [1.807, 2.05) is 30.5 Å². The summed E-state index contributed by atoms with van der Waals surface area (Å²) in [7, 11) is 0. The molecule has 2 aliphatic heterocycles. The molecule has 2 aliphatic rings.